The van der Waals surface area contributed by atoms with Crippen molar-refractivity contribution in [1.29, 1.82) is 0 Å². The highest BCUT2D eigenvalue weighted by Crippen LogP contribution is 2.16. The molecule has 3 unspecified atom stereocenters. The Morgan fingerprint density at radius 3 is 1.13 bits per heavy atom. The number of rotatable bonds is 44. The number of nitrogens with one attached hydrogen (secondary N) is 1. The zero-order valence-corrected chi connectivity index (χ0v) is 36.8. The topological polar surface area (TPSA) is 89.8 Å². The van der Waals surface area contributed by atoms with Gasteiger partial charge in [0.15, 0.2) is 0 Å². The van der Waals surface area contributed by atoms with Crippen LogP contribution in [0.3, 0.4) is 0 Å². The molecular formula is C50H95NO4. The molecule has 0 aliphatic heterocycles. The lowest BCUT2D eigenvalue weighted by Gasteiger charge is -2.26. The van der Waals surface area contributed by atoms with Gasteiger partial charge in [-0.05, 0) is 77.0 Å². The highest BCUT2D eigenvalue weighted by Gasteiger charge is 2.26. The number of allylic oxidation sites excluding steroid dienone is 6. The van der Waals surface area contributed by atoms with Gasteiger partial charge in [-0.3, -0.25) is 4.79 Å². The second-order valence-electron chi connectivity index (χ2n) is 16.6. The van der Waals surface area contributed by atoms with Crippen LogP contribution in [0.15, 0.2) is 36.5 Å². The van der Waals surface area contributed by atoms with Crippen LogP contribution in [0.5, 0.6) is 0 Å². The highest BCUT2D eigenvalue weighted by atomic mass is 16.3. The van der Waals surface area contributed by atoms with Gasteiger partial charge in [0, 0.05) is 6.42 Å². The van der Waals surface area contributed by atoms with Gasteiger partial charge in [0.2, 0.25) is 5.91 Å². The number of hydrogen-bond acceptors (Lipinski definition) is 4. The molecule has 0 bridgehead atoms. The molecule has 0 spiro atoms. The molecule has 0 aliphatic carbocycles. The molecule has 0 aromatic rings. The van der Waals surface area contributed by atoms with Crippen LogP contribution in [0.1, 0.15) is 251 Å². The standard InChI is InChI=1S/C50H95NO4/c1-3-5-7-9-11-13-15-17-18-19-20-21-22-23-24-25-26-27-28-29-30-31-33-35-37-39-41-43-45-49(54)51-47(46-52)50(55)48(53)44-42-40-38-36-34-32-16-14-12-10-8-6-4-2/h14,16,23-24,36,38,47-48,50,52-53,55H,3-13,15,17-22,25-35,37,39-46H2,1-2H3,(H,51,54)/b16-14+,24-23-,38-36+. The van der Waals surface area contributed by atoms with Crippen LogP contribution < -0.4 is 5.32 Å². The number of aliphatic hydroxyl groups is 3. The normalized spacial score (nSPS) is 13.8. The zero-order chi connectivity index (χ0) is 40.1. The van der Waals surface area contributed by atoms with Gasteiger partial charge in [-0.1, -0.05) is 204 Å². The lowest BCUT2D eigenvalue weighted by atomic mass is 10.0. The molecule has 0 radical (unpaired) electrons. The first-order chi connectivity index (χ1) is 27.1. The Morgan fingerprint density at radius 1 is 0.436 bits per heavy atom. The van der Waals surface area contributed by atoms with E-state index in [0.717, 1.165) is 44.9 Å². The van der Waals surface area contributed by atoms with E-state index in [4.69, 9.17) is 0 Å². The Balaban J connectivity index is 3.57. The predicted molar refractivity (Wildman–Crippen MR) is 241 cm³/mol. The van der Waals surface area contributed by atoms with Gasteiger partial charge in [0.05, 0.1) is 18.8 Å². The van der Waals surface area contributed by atoms with Crippen molar-refractivity contribution < 1.29 is 20.1 Å². The third-order valence-electron chi connectivity index (χ3n) is 11.2. The molecule has 0 aromatic carbocycles. The summed E-state index contributed by atoms with van der Waals surface area (Å²) in [5, 5.41) is 33.5. The van der Waals surface area contributed by atoms with Crippen LogP contribution in [0.2, 0.25) is 0 Å². The van der Waals surface area contributed by atoms with E-state index >= 15 is 0 Å². The monoisotopic (exact) mass is 774 g/mol. The summed E-state index contributed by atoms with van der Waals surface area (Å²) in [7, 11) is 0. The second-order valence-corrected chi connectivity index (χ2v) is 16.6. The van der Waals surface area contributed by atoms with Gasteiger partial charge in [-0.25, -0.2) is 0 Å². The van der Waals surface area contributed by atoms with Gasteiger partial charge in [-0.2, -0.15) is 0 Å². The van der Waals surface area contributed by atoms with E-state index in [1.165, 1.54) is 180 Å². The van der Waals surface area contributed by atoms with Crippen molar-refractivity contribution in [3.05, 3.63) is 36.5 Å². The molecule has 324 valence electrons. The smallest absolute Gasteiger partial charge is 0.220 e. The van der Waals surface area contributed by atoms with Crippen LogP contribution in [0.25, 0.3) is 0 Å². The molecule has 0 aromatic heterocycles. The molecule has 5 heteroatoms. The van der Waals surface area contributed by atoms with E-state index < -0.39 is 18.2 Å². The molecule has 0 fully saturated rings. The Labute approximate surface area is 343 Å². The van der Waals surface area contributed by atoms with Crippen molar-refractivity contribution in [3.63, 3.8) is 0 Å². The summed E-state index contributed by atoms with van der Waals surface area (Å²) in [6.45, 7) is 4.15. The van der Waals surface area contributed by atoms with Crippen LogP contribution in [-0.2, 0) is 4.79 Å². The highest BCUT2D eigenvalue weighted by molar-refractivity contribution is 5.76. The Morgan fingerprint density at radius 2 is 0.745 bits per heavy atom. The van der Waals surface area contributed by atoms with Gasteiger partial charge in [-0.15, -0.1) is 0 Å². The van der Waals surface area contributed by atoms with E-state index in [1.54, 1.807) is 0 Å². The van der Waals surface area contributed by atoms with E-state index in [1.807, 2.05) is 0 Å². The summed E-state index contributed by atoms with van der Waals surface area (Å²) >= 11 is 0. The summed E-state index contributed by atoms with van der Waals surface area (Å²) in [6.07, 6.45) is 57.1. The van der Waals surface area contributed by atoms with Crippen molar-refractivity contribution >= 4 is 5.91 Å². The minimum absolute atomic E-state index is 0.158. The third kappa shape index (κ3) is 40.6. The summed E-state index contributed by atoms with van der Waals surface area (Å²) in [5.74, 6) is -0.158. The largest absolute Gasteiger partial charge is 0.394 e. The molecule has 0 heterocycles. The minimum atomic E-state index is -1.17. The van der Waals surface area contributed by atoms with Crippen LogP contribution in [0.4, 0.5) is 0 Å². The van der Waals surface area contributed by atoms with Crippen LogP contribution in [0, 0.1) is 0 Å². The minimum Gasteiger partial charge on any atom is -0.394 e. The van der Waals surface area contributed by atoms with Crippen molar-refractivity contribution in [1.82, 2.24) is 5.32 Å². The van der Waals surface area contributed by atoms with E-state index in [-0.39, 0.29) is 12.5 Å². The van der Waals surface area contributed by atoms with Crippen molar-refractivity contribution in [2.45, 2.75) is 270 Å². The molecule has 1 amide bonds. The molecule has 4 N–H and O–H groups in total. The molecule has 0 rings (SSSR count). The molecule has 55 heavy (non-hydrogen) atoms. The maximum atomic E-state index is 12.4. The number of aliphatic hydroxyl groups excluding tert-OH is 3. The van der Waals surface area contributed by atoms with E-state index in [9.17, 15) is 20.1 Å². The third-order valence-corrected chi connectivity index (χ3v) is 11.2. The summed E-state index contributed by atoms with van der Waals surface area (Å²) < 4.78 is 0. The average molecular weight is 774 g/mol. The SMILES string of the molecule is CCCCCC/C=C/CC/C=C/CCCC(O)C(O)C(CO)NC(=O)CCCCCCCCCCCCCC/C=C\CCCCCCCCCCCCCC. The Bertz CT molecular complexity index is 855. The molecule has 0 aliphatic rings. The fourth-order valence-corrected chi connectivity index (χ4v) is 7.41. The Kier molecular flexibility index (Phi) is 44.1. The number of amides is 1. The maximum absolute atomic E-state index is 12.4. The Hall–Kier alpha value is -1.43. The first kappa shape index (κ1) is 53.6. The molecule has 3 atom stereocenters. The first-order valence-electron chi connectivity index (χ1n) is 24.3. The predicted octanol–water partition coefficient (Wildman–Crippen LogP) is 14.3. The van der Waals surface area contributed by atoms with Crippen molar-refractivity contribution in [2.24, 2.45) is 0 Å². The summed E-state index contributed by atoms with van der Waals surface area (Å²) in [4.78, 5) is 12.4. The summed E-state index contributed by atoms with van der Waals surface area (Å²) in [5.41, 5.74) is 0. The first-order valence-corrected chi connectivity index (χ1v) is 24.3. The fourth-order valence-electron chi connectivity index (χ4n) is 7.41. The van der Waals surface area contributed by atoms with Gasteiger partial charge in [0.25, 0.3) is 0 Å². The van der Waals surface area contributed by atoms with Crippen molar-refractivity contribution in [2.75, 3.05) is 6.61 Å². The molecule has 0 saturated carbocycles. The molecule has 5 nitrogen and oxygen atoms in total. The second kappa shape index (κ2) is 45.3. The average Bonchev–Trinajstić information content (AvgIpc) is 3.19. The maximum Gasteiger partial charge on any atom is 0.220 e. The molecule has 0 saturated heterocycles. The lowest BCUT2D eigenvalue weighted by molar-refractivity contribution is -0.124. The van der Waals surface area contributed by atoms with E-state index in [2.05, 4.69) is 55.6 Å². The molecular weight excluding hydrogens is 679 g/mol. The van der Waals surface area contributed by atoms with Crippen LogP contribution >= 0.6 is 0 Å². The van der Waals surface area contributed by atoms with Gasteiger partial charge in [0.1, 0.15) is 6.10 Å². The number of carbonyl (C=O) groups is 1. The zero-order valence-electron chi connectivity index (χ0n) is 36.8. The quantitative estimate of drug-likeness (QED) is 0.0367. The van der Waals surface area contributed by atoms with Gasteiger partial charge >= 0.3 is 0 Å². The van der Waals surface area contributed by atoms with Crippen molar-refractivity contribution in [3.8, 4) is 0 Å². The number of carbonyl (C=O) groups excluding carboxylic acids is 1. The lowest BCUT2D eigenvalue weighted by Crippen LogP contribution is -2.50. The number of unbranched alkanes of at least 4 members (excludes halogenated alkanes) is 30. The van der Waals surface area contributed by atoms with Crippen LogP contribution in [-0.4, -0.2) is 46.1 Å². The number of hydrogen-bond donors (Lipinski definition) is 4. The summed E-state index contributed by atoms with van der Waals surface area (Å²) in [6, 6.07) is -0.831. The van der Waals surface area contributed by atoms with Gasteiger partial charge < -0.3 is 20.6 Å². The van der Waals surface area contributed by atoms with E-state index in [0.29, 0.717) is 12.8 Å². The fraction of sp³-hybridized carbons (Fsp3) is 0.860.